The second kappa shape index (κ2) is 8.51. The number of aryl methyl sites for hydroxylation is 1. The van der Waals surface area contributed by atoms with Gasteiger partial charge in [0.2, 0.25) is 0 Å². The van der Waals surface area contributed by atoms with E-state index in [-0.39, 0.29) is 6.04 Å². The first-order valence-corrected chi connectivity index (χ1v) is 8.28. The average Bonchev–Trinajstić information content (AvgIpc) is 2.66. The van der Waals surface area contributed by atoms with Crippen molar-refractivity contribution >= 4 is 0 Å². The summed E-state index contributed by atoms with van der Waals surface area (Å²) in [6.45, 7) is 8.66. The van der Waals surface area contributed by atoms with Crippen LogP contribution in [0.15, 0.2) is 18.2 Å². The molecular weight excluding hydrogens is 278 g/mol. The van der Waals surface area contributed by atoms with E-state index >= 15 is 0 Å². The lowest BCUT2D eigenvalue weighted by Crippen LogP contribution is -2.33. The minimum Gasteiger partial charge on any atom is -0.493 e. The molecule has 2 rings (SSSR count). The predicted octanol–water partition coefficient (Wildman–Crippen LogP) is 2.83. The fourth-order valence-electron chi connectivity index (χ4n) is 2.67. The van der Waals surface area contributed by atoms with E-state index in [0.717, 1.165) is 25.2 Å². The summed E-state index contributed by atoms with van der Waals surface area (Å²) in [6, 6.07) is 6.58. The van der Waals surface area contributed by atoms with Gasteiger partial charge in [0, 0.05) is 24.8 Å². The summed E-state index contributed by atoms with van der Waals surface area (Å²) in [5, 5.41) is 13.5. The molecule has 4 heteroatoms. The summed E-state index contributed by atoms with van der Waals surface area (Å²) in [5.41, 5.74) is 2.40. The highest BCUT2D eigenvalue weighted by atomic mass is 16.5. The maximum Gasteiger partial charge on any atom is 0.124 e. The molecule has 1 aromatic rings. The lowest BCUT2D eigenvalue weighted by Gasteiger charge is -2.21. The van der Waals surface area contributed by atoms with Gasteiger partial charge in [0.1, 0.15) is 5.75 Å². The Labute approximate surface area is 133 Å². The number of hydrogen-bond donors (Lipinski definition) is 2. The fourth-order valence-corrected chi connectivity index (χ4v) is 2.67. The van der Waals surface area contributed by atoms with Crippen molar-refractivity contribution in [1.29, 1.82) is 0 Å². The number of benzene rings is 1. The Bertz CT molecular complexity index is 462. The second-order valence-electron chi connectivity index (χ2n) is 6.58. The van der Waals surface area contributed by atoms with Crippen LogP contribution in [0.2, 0.25) is 0 Å². The average molecular weight is 307 g/mol. The van der Waals surface area contributed by atoms with E-state index < -0.39 is 6.10 Å². The van der Waals surface area contributed by atoms with E-state index in [1.54, 1.807) is 0 Å². The van der Waals surface area contributed by atoms with Gasteiger partial charge < -0.3 is 19.9 Å². The third-order valence-electron chi connectivity index (χ3n) is 3.80. The molecule has 4 nitrogen and oxygen atoms in total. The highest BCUT2D eigenvalue weighted by molar-refractivity contribution is 5.39. The molecule has 1 heterocycles. The van der Waals surface area contributed by atoms with Crippen molar-refractivity contribution in [3.63, 3.8) is 0 Å². The van der Waals surface area contributed by atoms with Crippen molar-refractivity contribution in [3.05, 3.63) is 29.3 Å². The Kier molecular flexibility index (Phi) is 6.68. The highest BCUT2D eigenvalue weighted by Crippen LogP contribution is 2.32. The predicted molar refractivity (Wildman–Crippen MR) is 88.3 cm³/mol. The molecule has 0 radical (unpaired) electrons. The lowest BCUT2D eigenvalue weighted by atomic mass is 10.0. The molecule has 0 aromatic heterocycles. The van der Waals surface area contributed by atoms with Crippen molar-refractivity contribution in [2.45, 2.75) is 45.8 Å². The first-order chi connectivity index (χ1) is 10.6. The van der Waals surface area contributed by atoms with E-state index in [9.17, 15) is 5.11 Å². The van der Waals surface area contributed by atoms with Gasteiger partial charge in [0.15, 0.2) is 0 Å². The normalized spacial score (nSPS) is 19.4. The van der Waals surface area contributed by atoms with E-state index in [2.05, 4.69) is 44.3 Å². The molecule has 124 valence electrons. The third-order valence-corrected chi connectivity index (χ3v) is 3.80. The van der Waals surface area contributed by atoms with Gasteiger partial charge in [-0.3, -0.25) is 0 Å². The monoisotopic (exact) mass is 307 g/mol. The van der Waals surface area contributed by atoms with E-state index in [4.69, 9.17) is 9.47 Å². The van der Waals surface area contributed by atoms with Gasteiger partial charge >= 0.3 is 0 Å². The van der Waals surface area contributed by atoms with E-state index in [0.29, 0.717) is 25.7 Å². The molecule has 1 aromatic carbocycles. The van der Waals surface area contributed by atoms with Gasteiger partial charge in [0.25, 0.3) is 0 Å². The molecule has 1 aliphatic rings. The van der Waals surface area contributed by atoms with Crippen LogP contribution in [0, 0.1) is 12.8 Å². The molecule has 2 atom stereocenters. The zero-order valence-electron chi connectivity index (χ0n) is 14.0. The molecule has 0 bridgehead atoms. The van der Waals surface area contributed by atoms with Gasteiger partial charge in [-0.15, -0.1) is 0 Å². The zero-order chi connectivity index (χ0) is 15.9. The van der Waals surface area contributed by atoms with Gasteiger partial charge in [-0.25, -0.2) is 0 Å². The maximum absolute atomic E-state index is 10.0. The summed E-state index contributed by atoms with van der Waals surface area (Å²) in [4.78, 5) is 0. The summed E-state index contributed by atoms with van der Waals surface area (Å²) >= 11 is 0. The van der Waals surface area contributed by atoms with Crippen LogP contribution >= 0.6 is 0 Å². The maximum atomic E-state index is 10.0. The number of fused-ring (bicyclic) bond motifs is 1. The van der Waals surface area contributed by atoms with Crippen LogP contribution in [0.3, 0.4) is 0 Å². The quantitative estimate of drug-likeness (QED) is 0.813. The minimum atomic E-state index is -0.475. The Morgan fingerprint density at radius 2 is 2.18 bits per heavy atom. The fraction of sp³-hybridized carbons (Fsp3) is 0.667. The Morgan fingerprint density at radius 1 is 1.36 bits per heavy atom. The van der Waals surface area contributed by atoms with E-state index in [1.807, 2.05) is 0 Å². The van der Waals surface area contributed by atoms with Crippen molar-refractivity contribution in [2.75, 3.05) is 26.4 Å². The summed E-state index contributed by atoms with van der Waals surface area (Å²) in [6.07, 6.45) is 1.57. The number of aliphatic hydroxyl groups is 1. The second-order valence-corrected chi connectivity index (χ2v) is 6.58. The first kappa shape index (κ1) is 17.3. The molecule has 0 aliphatic carbocycles. The van der Waals surface area contributed by atoms with Gasteiger partial charge in [0.05, 0.1) is 19.3 Å². The third kappa shape index (κ3) is 5.27. The summed E-state index contributed by atoms with van der Waals surface area (Å²) in [5.74, 6) is 1.47. The number of rotatable bonds is 7. The van der Waals surface area contributed by atoms with Gasteiger partial charge in [-0.2, -0.15) is 0 Å². The smallest absolute Gasteiger partial charge is 0.124 e. The number of ether oxygens (including phenoxy) is 2. The Balaban J connectivity index is 1.87. The van der Waals surface area contributed by atoms with Crippen LogP contribution in [-0.2, 0) is 4.74 Å². The van der Waals surface area contributed by atoms with Crippen LogP contribution in [0.25, 0.3) is 0 Å². The topological polar surface area (TPSA) is 50.7 Å². The zero-order valence-corrected chi connectivity index (χ0v) is 14.0. The van der Waals surface area contributed by atoms with Crippen LogP contribution in [0.4, 0.5) is 0 Å². The van der Waals surface area contributed by atoms with Crippen LogP contribution in [0.1, 0.15) is 43.9 Å². The van der Waals surface area contributed by atoms with Crippen LogP contribution < -0.4 is 10.1 Å². The van der Waals surface area contributed by atoms with Crippen molar-refractivity contribution in [1.82, 2.24) is 5.32 Å². The number of hydrogen-bond acceptors (Lipinski definition) is 4. The highest BCUT2D eigenvalue weighted by Gasteiger charge is 2.20. The molecule has 0 amide bonds. The molecular formula is C18H29NO3. The van der Waals surface area contributed by atoms with Crippen molar-refractivity contribution in [3.8, 4) is 5.75 Å². The SMILES string of the molecule is Cc1ccc2c(c1)OCCCC2NCC(O)COCC(C)C. The van der Waals surface area contributed by atoms with Crippen molar-refractivity contribution < 1.29 is 14.6 Å². The summed E-state index contributed by atoms with van der Waals surface area (Å²) < 4.78 is 11.3. The van der Waals surface area contributed by atoms with Gasteiger partial charge in [-0.05, 0) is 37.3 Å². The first-order valence-electron chi connectivity index (χ1n) is 8.28. The molecule has 0 fully saturated rings. The Hall–Kier alpha value is -1.10. The van der Waals surface area contributed by atoms with E-state index in [1.165, 1.54) is 11.1 Å². The molecule has 2 unspecified atom stereocenters. The number of aliphatic hydroxyl groups excluding tert-OH is 1. The molecule has 1 aliphatic heterocycles. The van der Waals surface area contributed by atoms with Gasteiger partial charge in [-0.1, -0.05) is 26.0 Å². The molecule has 0 saturated carbocycles. The minimum absolute atomic E-state index is 0.234. The summed E-state index contributed by atoms with van der Waals surface area (Å²) in [7, 11) is 0. The molecule has 2 N–H and O–H groups in total. The molecule has 0 spiro atoms. The number of nitrogens with one attached hydrogen (secondary N) is 1. The van der Waals surface area contributed by atoms with Crippen molar-refractivity contribution in [2.24, 2.45) is 5.92 Å². The Morgan fingerprint density at radius 3 is 2.95 bits per heavy atom. The van der Waals surface area contributed by atoms with Crippen LogP contribution in [0.5, 0.6) is 5.75 Å². The molecule has 0 saturated heterocycles. The van der Waals surface area contributed by atoms with Crippen LogP contribution in [-0.4, -0.2) is 37.6 Å². The largest absolute Gasteiger partial charge is 0.493 e. The standard InChI is InChI=1S/C18H29NO3/c1-13(2)11-21-12-15(20)10-19-17-5-4-8-22-18-9-14(3)6-7-16(17)18/h6-7,9,13,15,17,19-20H,4-5,8,10-12H2,1-3H3. The lowest BCUT2D eigenvalue weighted by molar-refractivity contribution is 0.0248. The molecule has 22 heavy (non-hydrogen) atoms.